The average Bonchev–Trinajstić information content (AvgIpc) is 2.64. The summed E-state index contributed by atoms with van der Waals surface area (Å²) in [6, 6.07) is 4.16. The molecule has 0 aromatic heterocycles. The van der Waals surface area contributed by atoms with E-state index < -0.39 is 16.0 Å². The van der Waals surface area contributed by atoms with Crippen molar-refractivity contribution in [1.82, 2.24) is 9.62 Å². The average molecular weight is 459 g/mol. The van der Waals surface area contributed by atoms with Gasteiger partial charge in [0.25, 0.3) is 5.91 Å². The fourth-order valence-electron chi connectivity index (χ4n) is 2.84. The summed E-state index contributed by atoms with van der Waals surface area (Å²) >= 11 is 3.22. The highest BCUT2D eigenvalue weighted by Gasteiger charge is 2.25. The van der Waals surface area contributed by atoms with E-state index in [0.717, 1.165) is 19.3 Å². The fraction of sp³-hybridized carbons (Fsp3) is 0.444. The van der Waals surface area contributed by atoms with Crippen LogP contribution in [0.3, 0.4) is 0 Å². The molecule has 0 radical (unpaired) electrons. The normalized spacial score (nSPS) is 17.4. The molecule has 148 valence electrons. The Bertz CT molecular complexity index is 825. The number of nitrogens with one attached hydrogen (secondary N) is 1. The van der Waals surface area contributed by atoms with Crippen LogP contribution in [0.5, 0.6) is 0 Å². The predicted octanol–water partition coefficient (Wildman–Crippen LogP) is 2.47. The van der Waals surface area contributed by atoms with Crippen LogP contribution >= 0.6 is 15.9 Å². The Morgan fingerprint density at radius 2 is 2.15 bits per heavy atom. The molecule has 0 unspecified atom stereocenters. The van der Waals surface area contributed by atoms with E-state index in [2.05, 4.69) is 27.2 Å². The van der Waals surface area contributed by atoms with Gasteiger partial charge in [-0.15, -0.1) is 6.58 Å². The van der Waals surface area contributed by atoms with E-state index in [4.69, 9.17) is 4.74 Å². The smallest absolute Gasteiger partial charge is 0.339 e. The second-order valence-corrected chi connectivity index (χ2v) is 8.91. The van der Waals surface area contributed by atoms with Crippen LogP contribution in [0, 0.1) is 0 Å². The lowest BCUT2D eigenvalue weighted by atomic mass is 10.0. The van der Waals surface area contributed by atoms with E-state index in [-0.39, 0.29) is 35.6 Å². The SMILES string of the molecule is C=CCNS(=O)(=O)c1ccc(Br)c(C(=O)OCC(=O)N2CCCC[C@@H]2C)c1. The van der Waals surface area contributed by atoms with E-state index in [1.165, 1.54) is 24.3 Å². The van der Waals surface area contributed by atoms with Crippen LogP contribution < -0.4 is 4.72 Å². The van der Waals surface area contributed by atoms with Crippen molar-refractivity contribution in [3.8, 4) is 0 Å². The number of sulfonamides is 1. The third-order valence-electron chi connectivity index (χ3n) is 4.34. The highest BCUT2D eigenvalue weighted by molar-refractivity contribution is 9.10. The number of rotatable bonds is 7. The number of hydrogen-bond acceptors (Lipinski definition) is 5. The molecule has 1 aliphatic rings. The molecule has 1 saturated heterocycles. The number of esters is 1. The lowest BCUT2D eigenvalue weighted by Gasteiger charge is -2.33. The molecule has 2 rings (SSSR count). The number of carbonyl (C=O) groups excluding carboxylic acids is 2. The molecule has 0 aliphatic carbocycles. The van der Waals surface area contributed by atoms with E-state index in [9.17, 15) is 18.0 Å². The van der Waals surface area contributed by atoms with Gasteiger partial charge < -0.3 is 9.64 Å². The molecule has 1 aromatic carbocycles. The number of hydrogen-bond donors (Lipinski definition) is 1. The number of piperidine rings is 1. The Kier molecular flexibility index (Phi) is 7.58. The summed E-state index contributed by atoms with van der Waals surface area (Å²) in [5, 5.41) is 0. The molecule has 1 N–H and O–H groups in total. The molecular formula is C18H23BrN2O5S. The molecule has 1 aliphatic heterocycles. The minimum absolute atomic E-state index is 0.0379. The zero-order valence-corrected chi connectivity index (χ0v) is 17.5. The molecule has 27 heavy (non-hydrogen) atoms. The van der Waals surface area contributed by atoms with Crippen LogP contribution in [0.1, 0.15) is 36.5 Å². The summed E-state index contributed by atoms with van der Waals surface area (Å²) in [4.78, 5) is 26.3. The molecule has 1 aromatic rings. The van der Waals surface area contributed by atoms with Crippen molar-refractivity contribution in [2.75, 3.05) is 19.7 Å². The summed E-state index contributed by atoms with van der Waals surface area (Å²) in [6.45, 7) is 5.78. The summed E-state index contributed by atoms with van der Waals surface area (Å²) in [5.41, 5.74) is 0.0379. The Morgan fingerprint density at radius 3 is 2.81 bits per heavy atom. The van der Waals surface area contributed by atoms with Crippen molar-refractivity contribution in [2.45, 2.75) is 37.1 Å². The molecule has 1 heterocycles. The molecule has 0 bridgehead atoms. The molecule has 0 spiro atoms. The molecule has 9 heteroatoms. The highest BCUT2D eigenvalue weighted by atomic mass is 79.9. The van der Waals surface area contributed by atoms with Crippen molar-refractivity contribution >= 4 is 37.8 Å². The minimum Gasteiger partial charge on any atom is -0.452 e. The lowest BCUT2D eigenvalue weighted by molar-refractivity contribution is -0.137. The van der Waals surface area contributed by atoms with Crippen LogP contribution in [-0.2, 0) is 19.6 Å². The fourth-order valence-corrected chi connectivity index (χ4v) is 4.27. The van der Waals surface area contributed by atoms with Crippen molar-refractivity contribution < 1.29 is 22.7 Å². The first kappa shape index (κ1) is 21.6. The molecule has 1 atom stereocenters. The summed E-state index contributed by atoms with van der Waals surface area (Å²) in [7, 11) is -3.78. The monoisotopic (exact) mass is 458 g/mol. The van der Waals surface area contributed by atoms with Gasteiger partial charge in [-0.2, -0.15) is 0 Å². The zero-order chi connectivity index (χ0) is 20.0. The second-order valence-electron chi connectivity index (χ2n) is 6.29. The largest absolute Gasteiger partial charge is 0.452 e. The first-order valence-corrected chi connectivity index (χ1v) is 10.9. The van der Waals surface area contributed by atoms with Gasteiger partial charge in [-0.05, 0) is 60.3 Å². The van der Waals surface area contributed by atoms with Crippen LogP contribution in [0.25, 0.3) is 0 Å². The maximum atomic E-state index is 12.4. The molecular weight excluding hydrogens is 436 g/mol. The summed E-state index contributed by atoms with van der Waals surface area (Å²) in [6.07, 6.45) is 4.37. The zero-order valence-electron chi connectivity index (χ0n) is 15.1. The maximum Gasteiger partial charge on any atom is 0.339 e. The summed E-state index contributed by atoms with van der Waals surface area (Å²) < 4.78 is 32.2. The van der Waals surface area contributed by atoms with E-state index in [0.29, 0.717) is 11.0 Å². The number of halogens is 1. The second kappa shape index (κ2) is 9.48. The number of nitrogens with zero attached hydrogens (tertiary/aromatic N) is 1. The predicted molar refractivity (Wildman–Crippen MR) is 105 cm³/mol. The van der Waals surface area contributed by atoms with Crippen molar-refractivity contribution in [1.29, 1.82) is 0 Å². The van der Waals surface area contributed by atoms with Gasteiger partial charge >= 0.3 is 5.97 Å². The molecule has 1 amide bonds. The Balaban J connectivity index is 2.08. The number of carbonyl (C=O) groups is 2. The molecule has 0 saturated carbocycles. The van der Waals surface area contributed by atoms with Crippen molar-refractivity contribution in [2.24, 2.45) is 0 Å². The highest BCUT2D eigenvalue weighted by Crippen LogP contribution is 2.22. The quantitative estimate of drug-likeness (QED) is 0.500. The Hall–Kier alpha value is -1.71. The van der Waals surface area contributed by atoms with Crippen molar-refractivity contribution in [3.05, 3.63) is 40.9 Å². The summed E-state index contributed by atoms with van der Waals surface area (Å²) in [5.74, 6) is -1.01. The van der Waals surface area contributed by atoms with Gasteiger partial charge in [0.2, 0.25) is 10.0 Å². The van der Waals surface area contributed by atoms with Gasteiger partial charge in [0, 0.05) is 23.6 Å². The molecule has 1 fully saturated rings. The number of likely N-dealkylation sites (tertiary alicyclic amines) is 1. The van der Waals surface area contributed by atoms with Crippen LogP contribution in [0.15, 0.2) is 40.2 Å². The maximum absolute atomic E-state index is 12.4. The Morgan fingerprint density at radius 1 is 1.41 bits per heavy atom. The third kappa shape index (κ3) is 5.63. The van der Waals surface area contributed by atoms with Gasteiger partial charge in [0.15, 0.2) is 6.61 Å². The van der Waals surface area contributed by atoms with Gasteiger partial charge in [0.1, 0.15) is 0 Å². The molecule has 7 nitrogen and oxygen atoms in total. The van der Waals surface area contributed by atoms with E-state index in [1.54, 1.807) is 4.90 Å². The standard InChI is InChI=1S/C18H23BrN2O5S/c1-3-9-20-27(24,25)14-7-8-16(19)15(11-14)18(23)26-12-17(22)21-10-5-4-6-13(21)2/h3,7-8,11,13,20H,1,4-6,9-10,12H2,2H3/t13-/m0/s1. The number of benzene rings is 1. The van der Waals surface area contributed by atoms with Gasteiger partial charge in [-0.1, -0.05) is 6.08 Å². The van der Waals surface area contributed by atoms with E-state index >= 15 is 0 Å². The minimum atomic E-state index is -3.78. The number of amides is 1. The lowest BCUT2D eigenvalue weighted by Crippen LogP contribution is -2.44. The van der Waals surface area contributed by atoms with Crippen molar-refractivity contribution in [3.63, 3.8) is 0 Å². The van der Waals surface area contributed by atoms with E-state index in [1.807, 2.05) is 6.92 Å². The third-order valence-corrected chi connectivity index (χ3v) is 6.45. The van der Waals surface area contributed by atoms with Gasteiger partial charge in [-0.25, -0.2) is 17.9 Å². The Labute approximate surface area is 167 Å². The van der Waals surface area contributed by atoms with Gasteiger partial charge in [0.05, 0.1) is 10.5 Å². The first-order chi connectivity index (χ1) is 12.8. The first-order valence-electron chi connectivity index (χ1n) is 8.63. The topological polar surface area (TPSA) is 92.8 Å². The van der Waals surface area contributed by atoms with Crippen LogP contribution in [-0.4, -0.2) is 50.9 Å². The van der Waals surface area contributed by atoms with Crippen LogP contribution in [0.2, 0.25) is 0 Å². The van der Waals surface area contributed by atoms with Gasteiger partial charge in [-0.3, -0.25) is 4.79 Å². The van der Waals surface area contributed by atoms with Crippen LogP contribution in [0.4, 0.5) is 0 Å². The number of ether oxygens (including phenoxy) is 1.